The van der Waals surface area contributed by atoms with Gasteiger partial charge in [-0.05, 0) is 43.2 Å². The molecule has 3 heteroatoms. The molecule has 0 saturated heterocycles. The Hall–Kier alpha value is -1.35. The Labute approximate surface area is 114 Å². The molecule has 1 unspecified atom stereocenters. The first-order valence-electron chi connectivity index (χ1n) is 7.15. The Morgan fingerprint density at radius 3 is 2.58 bits per heavy atom. The monoisotopic (exact) mass is 258 g/mol. The lowest BCUT2D eigenvalue weighted by molar-refractivity contribution is 0.120. The Balaban J connectivity index is 2.18. The van der Waals surface area contributed by atoms with Gasteiger partial charge < -0.3 is 9.14 Å². The third kappa shape index (κ3) is 2.27. The number of hydrogen-bond donors (Lipinski definition) is 0. The third-order valence-corrected chi connectivity index (χ3v) is 4.05. The fraction of sp³-hybridized carbons (Fsp3) is 0.562. The molecule has 1 saturated carbocycles. The molecule has 102 valence electrons. The summed E-state index contributed by atoms with van der Waals surface area (Å²) >= 11 is 0. The maximum absolute atomic E-state index is 5.52. The van der Waals surface area contributed by atoms with Crippen LogP contribution in [0.15, 0.2) is 18.5 Å². The minimum absolute atomic E-state index is 0.0867. The fourth-order valence-corrected chi connectivity index (χ4v) is 2.51. The summed E-state index contributed by atoms with van der Waals surface area (Å²) in [4.78, 5) is 4.79. The van der Waals surface area contributed by atoms with Gasteiger partial charge in [0.25, 0.3) is 0 Å². The molecule has 1 aliphatic carbocycles. The highest BCUT2D eigenvalue weighted by Gasteiger charge is 2.26. The standard InChI is InChI=1S/C16H22N2O/c1-10(2)15-9-18-8-13(12-5-6-12)7-14(11(3)19-4)16(18)17-15/h7-12H,5-6H2,1-4H3. The molecule has 1 fully saturated rings. The zero-order valence-electron chi connectivity index (χ0n) is 12.2. The van der Waals surface area contributed by atoms with E-state index in [2.05, 4.69) is 43.6 Å². The molecular formula is C16H22N2O. The molecule has 0 radical (unpaired) electrons. The van der Waals surface area contributed by atoms with Gasteiger partial charge in [-0.15, -0.1) is 0 Å². The van der Waals surface area contributed by atoms with Crippen LogP contribution in [0, 0.1) is 0 Å². The number of nitrogens with zero attached hydrogens (tertiary/aromatic N) is 2. The maximum Gasteiger partial charge on any atom is 0.142 e. The van der Waals surface area contributed by atoms with Crippen LogP contribution in [-0.4, -0.2) is 16.5 Å². The number of rotatable bonds is 4. The van der Waals surface area contributed by atoms with Gasteiger partial charge in [0, 0.05) is 25.1 Å². The van der Waals surface area contributed by atoms with E-state index in [9.17, 15) is 0 Å². The smallest absolute Gasteiger partial charge is 0.142 e. The Morgan fingerprint density at radius 1 is 1.26 bits per heavy atom. The van der Waals surface area contributed by atoms with Crippen molar-refractivity contribution in [3.05, 3.63) is 35.3 Å². The largest absolute Gasteiger partial charge is 0.377 e. The first kappa shape index (κ1) is 12.7. The molecule has 0 bridgehead atoms. The number of pyridine rings is 1. The van der Waals surface area contributed by atoms with Gasteiger partial charge in [-0.1, -0.05) is 13.8 Å². The van der Waals surface area contributed by atoms with Gasteiger partial charge in [-0.25, -0.2) is 4.98 Å². The Kier molecular flexibility index (Phi) is 3.09. The molecule has 3 nitrogen and oxygen atoms in total. The summed E-state index contributed by atoms with van der Waals surface area (Å²) in [6.07, 6.45) is 7.13. The average molecular weight is 258 g/mol. The van der Waals surface area contributed by atoms with Crippen molar-refractivity contribution in [2.24, 2.45) is 0 Å². The predicted octanol–water partition coefficient (Wildman–Crippen LogP) is 4.04. The summed E-state index contributed by atoms with van der Waals surface area (Å²) in [5.74, 6) is 1.20. The normalized spacial score (nSPS) is 17.3. The molecule has 0 aliphatic heterocycles. The van der Waals surface area contributed by atoms with Gasteiger partial charge in [-0.3, -0.25) is 0 Å². The van der Waals surface area contributed by atoms with Crippen LogP contribution in [0.4, 0.5) is 0 Å². The number of ether oxygens (including phenoxy) is 1. The van der Waals surface area contributed by atoms with Crippen LogP contribution < -0.4 is 0 Å². The SMILES string of the molecule is COC(C)c1cc(C2CC2)cn2cc(C(C)C)nc12. The van der Waals surface area contributed by atoms with E-state index in [-0.39, 0.29) is 6.10 Å². The molecule has 0 N–H and O–H groups in total. The van der Waals surface area contributed by atoms with Gasteiger partial charge >= 0.3 is 0 Å². The number of hydrogen-bond acceptors (Lipinski definition) is 2. The van der Waals surface area contributed by atoms with Crippen molar-refractivity contribution in [1.29, 1.82) is 0 Å². The van der Waals surface area contributed by atoms with E-state index >= 15 is 0 Å². The van der Waals surface area contributed by atoms with E-state index in [0.29, 0.717) is 5.92 Å². The van der Waals surface area contributed by atoms with Crippen LogP contribution in [0.3, 0.4) is 0 Å². The highest BCUT2D eigenvalue weighted by Crippen LogP contribution is 2.41. The second-order valence-electron chi connectivity index (χ2n) is 5.93. The number of methoxy groups -OCH3 is 1. The molecule has 1 aliphatic rings. The van der Waals surface area contributed by atoms with Crippen LogP contribution >= 0.6 is 0 Å². The average Bonchev–Trinajstić information content (AvgIpc) is 3.15. The number of fused-ring (bicyclic) bond motifs is 1. The molecular weight excluding hydrogens is 236 g/mol. The van der Waals surface area contributed by atoms with Crippen LogP contribution in [0.25, 0.3) is 5.65 Å². The quantitative estimate of drug-likeness (QED) is 0.827. The van der Waals surface area contributed by atoms with E-state index in [1.165, 1.54) is 24.0 Å². The first-order valence-corrected chi connectivity index (χ1v) is 7.15. The summed E-state index contributed by atoms with van der Waals surface area (Å²) in [5, 5.41) is 0. The van der Waals surface area contributed by atoms with Gasteiger partial charge in [0.1, 0.15) is 5.65 Å². The summed E-state index contributed by atoms with van der Waals surface area (Å²) in [5.41, 5.74) is 4.83. The Bertz CT molecular complexity index is 596. The zero-order valence-corrected chi connectivity index (χ0v) is 12.2. The van der Waals surface area contributed by atoms with Crippen molar-refractivity contribution in [3.8, 4) is 0 Å². The van der Waals surface area contributed by atoms with E-state index in [1.807, 2.05) is 0 Å². The van der Waals surface area contributed by atoms with E-state index in [0.717, 1.165) is 17.3 Å². The summed E-state index contributed by atoms with van der Waals surface area (Å²) < 4.78 is 7.70. The lowest BCUT2D eigenvalue weighted by Crippen LogP contribution is -2.01. The minimum atomic E-state index is 0.0867. The van der Waals surface area contributed by atoms with Crippen LogP contribution in [-0.2, 0) is 4.74 Å². The summed E-state index contributed by atoms with van der Waals surface area (Å²) in [7, 11) is 1.76. The molecule has 2 aromatic rings. The van der Waals surface area contributed by atoms with Crippen molar-refractivity contribution in [2.75, 3.05) is 7.11 Å². The third-order valence-electron chi connectivity index (χ3n) is 4.05. The van der Waals surface area contributed by atoms with E-state index < -0.39 is 0 Å². The van der Waals surface area contributed by atoms with Gasteiger partial charge in [0.15, 0.2) is 0 Å². The van der Waals surface area contributed by atoms with Crippen molar-refractivity contribution in [1.82, 2.24) is 9.38 Å². The second kappa shape index (κ2) is 4.64. The highest BCUT2D eigenvalue weighted by molar-refractivity contribution is 5.53. The summed E-state index contributed by atoms with van der Waals surface area (Å²) in [6, 6.07) is 2.29. The van der Waals surface area contributed by atoms with E-state index in [1.54, 1.807) is 7.11 Å². The van der Waals surface area contributed by atoms with Crippen molar-refractivity contribution in [3.63, 3.8) is 0 Å². The molecule has 0 aromatic carbocycles. The van der Waals surface area contributed by atoms with Crippen LogP contribution in [0.2, 0.25) is 0 Å². The van der Waals surface area contributed by atoms with Crippen LogP contribution in [0.5, 0.6) is 0 Å². The fourth-order valence-electron chi connectivity index (χ4n) is 2.51. The van der Waals surface area contributed by atoms with Gasteiger partial charge in [0.05, 0.1) is 11.8 Å². The summed E-state index contributed by atoms with van der Waals surface area (Å²) in [6.45, 7) is 6.46. The molecule has 19 heavy (non-hydrogen) atoms. The lowest BCUT2D eigenvalue weighted by Gasteiger charge is -2.13. The van der Waals surface area contributed by atoms with Crippen molar-refractivity contribution in [2.45, 2.75) is 51.6 Å². The number of aromatic nitrogens is 2. The molecule has 1 atom stereocenters. The molecule has 3 rings (SSSR count). The van der Waals surface area contributed by atoms with Crippen molar-refractivity contribution >= 4 is 5.65 Å². The molecule has 2 aromatic heterocycles. The van der Waals surface area contributed by atoms with Gasteiger partial charge in [0.2, 0.25) is 0 Å². The highest BCUT2D eigenvalue weighted by atomic mass is 16.5. The second-order valence-corrected chi connectivity index (χ2v) is 5.93. The van der Waals surface area contributed by atoms with Crippen LogP contribution in [0.1, 0.15) is 68.4 Å². The van der Waals surface area contributed by atoms with Gasteiger partial charge in [-0.2, -0.15) is 0 Å². The minimum Gasteiger partial charge on any atom is -0.377 e. The zero-order chi connectivity index (χ0) is 13.6. The molecule has 0 amide bonds. The topological polar surface area (TPSA) is 26.5 Å². The maximum atomic E-state index is 5.52. The predicted molar refractivity (Wildman–Crippen MR) is 76.7 cm³/mol. The van der Waals surface area contributed by atoms with E-state index in [4.69, 9.17) is 9.72 Å². The molecule has 2 heterocycles. The van der Waals surface area contributed by atoms with Crippen molar-refractivity contribution < 1.29 is 4.74 Å². The first-order chi connectivity index (χ1) is 9.10. The Morgan fingerprint density at radius 2 is 2.00 bits per heavy atom. The number of imidazole rings is 1. The lowest BCUT2D eigenvalue weighted by atomic mass is 10.1. The molecule has 0 spiro atoms.